The average Bonchev–Trinajstić information content (AvgIpc) is 2.77. The molecule has 2 rings (SSSR count). The number of carboxylic acid groups (broad SMARTS) is 1. The number of hydrogen-bond donors (Lipinski definition) is 2. The van der Waals surface area contributed by atoms with Crippen molar-refractivity contribution in [3.8, 4) is 0 Å². The van der Waals surface area contributed by atoms with Crippen LogP contribution in [0.2, 0.25) is 0 Å². The number of nitrogens with zero attached hydrogens (tertiary/aromatic N) is 2. The largest absolute Gasteiger partial charge is 0.481 e. The molecule has 1 heterocycles. The number of aryl methyl sites for hydroxylation is 1. The van der Waals surface area contributed by atoms with Gasteiger partial charge in [0.1, 0.15) is 11.3 Å². The van der Waals surface area contributed by atoms with E-state index in [0.717, 1.165) is 11.8 Å². The molecule has 0 saturated carbocycles. The van der Waals surface area contributed by atoms with Gasteiger partial charge in [-0.3, -0.25) is 9.59 Å². The van der Waals surface area contributed by atoms with Gasteiger partial charge in [-0.1, -0.05) is 6.07 Å². The van der Waals surface area contributed by atoms with Crippen LogP contribution in [0, 0.1) is 5.82 Å². The molecule has 0 aliphatic heterocycles. The van der Waals surface area contributed by atoms with Crippen molar-refractivity contribution >= 4 is 34.7 Å². The standard InChI is InChI=1S/C14H16FN3O3S/c1-18-10-4-2-3-9(15)14(10)17-11(18)5-6-16-12(19)7-22-8-13(20)21/h2-4H,5-8H2,1H3,(H,16,19)(H,20,21). The molecule has 22 heavy (non-hydrogen) atoms. The number of hydrogen-bond acceptors (Lipinski definition) is 4. The van der Waals surface area contributed by atoms with Crippen LogP contribution in [-0.2, 0) is 23.1 Å². The molecule has 0 saturated heterocycles. The van der Waals surface area contributed by atoms with E-state index >= 15 is 0 Å². The fraction of sp³-hybridized carbons (Fsp3) is 0.357. The second-order valence-corrected chi connectivity index (χ2v) is 5.67. The topological polar surface area (TPSA) is 84.2 Å². The molecular formula is C14H16FN3O3S. The van der Waals surface area contributed by atoms with Crippen LogP contribution in [0.1, 0.15) is 5.82 Å². The average molecular weight is 325 g/mol. The molecule has 0 bridgehead atoms. The van der Waals surface area contributed by atoms with Gasteiger partial charge in [-0.2, -0.15) is 0 Å². The Balaban J connectivity index is 1.87. The Morgan fingerprint density at radius 1 is 1.41 bits per heavy atom. The minimum atomic E-state index is -0.945. The van der Waals surface area contributed by atoms with Crippen molar-refractivity contribution in [2.45, 2.75) is 6.42 Å². The molecule has 0 atom stereocenters. The number of aromatic nitrogens is 2. The van der Waals surface area contributed by atoms with Crippen LogP contribution in [0.3, 0.4) is 0 Å². The third-order valence-electron chi connectivity index (χ3n) is 3.08. The van der Waals surface area contributed by atoms with E-state index in [1.807, 2.05) is 0 Å². The Morgan fingerprint density at radius 2 is 2.18 bits per heavy atom. The Kier molecular flexibility index (Phi) is 5.37. The van der Waals surface area contributed by atoms with E-state index in [-0.39, 0.29) is 23.2 Å². The van der Waals surface area contributed by atoms with Gasteiger partial charge >= 0.3 is 5.97 Å². The molecule has 1 aromatic carbocycles. The number of nitrogens with one attached hydrogen (secondary N) is 1. The van der Waals surface area contributed by atoms with E-state index in [4.69, 9.17) is 5.11 Å². The number of carbonyl (C=O) groups is 2. The van der Waals surface area contributed by atoms with Gasteiger partial charge in [-0.05, 0) is 12.1 Å². The predicted octanol–water partition coefficient (Wildman–Crippen LogP) is 1.19. The maximum Gasteiger partial charge on any atom is 0.313 e. The Hall–Kier alpha value is -2.09. The first-order valence-corrected chi connectivity index (χ1v) is 7.80. The van der Waals surface area contributed by atoms with Crippen LogP contribution >= 0.6 is 11.8 Å². The molecule has 1 aromatic heterocycles. The SMILES string of the molecule is Cn1c(CCNC(=O)CSCC(=O)O)nc2c(F)cccc21. The van der Waals surface area contributed by atoms with Crippen molar-refractivity contribution in [2.24, 2.45) is 7.05 Å². The summed E-state index contributed by atoms with van der Waals surface area (Å²) in [6.07, 6.45) is 0.472. The lowest BCUT2D eigenvalue weighted by molar-refractivity contribution is -0.133. The first kappa shape index (κ1) is 16.3. The molecule has 0 radical (unpaired) electrons. The highest BCUT2D eigenvalue weighted by Gasteiger charge is 2.11. The monoisotopic (exact) mass is 325 g/mol. The number of fused-ring (bicyclic) bond motifs is 1. The fourth-order valence-corrected chi connectivity index (χ4v) is 2.61. The molecule has 0 aliphatic carbocycles. The number of para-hydroxylation sites is 1. The summed E-state index contributed by atoms with van der Waals surface area (Å²) in [5.41, 5.74) is 1.03. The number of carbonyl (C=O) groups excluding carboxylic acids is 1. The van der Waals surface area contributed by atoms with E-state index in [0.29, 0.717) is 29.8 Å². The minimum Gasteiger partial charge on any atom is -0.481 e. The lowest BCUT2D eigenvalue weighted by atomic mass is 10.3. The molecule has 0 fully saturated rings. The maximum atomic E-state index is 13.6. The smallest absolute Gasteiger partial charge is 0.313 e. The second kappa shape index (κ2) is 7.26. The third-order valence-corrected chi connectivity index (χ3v) is 4.00. The molecule has 1 amide bonds. The Bertz CT molecular complexity index is 702. The number of thioether (sulfide) groups is 1. The molecule has 8 heteroatoms. The van der Waals surface area contributed by atoms with Gasteiger partial charge in [0.2, 0.25) is 5.91 Å². The summed E-state index contributed by atoms with van der Waals surface area (Å²) < 4.78 is 15.4. The molecule has 2 N–H and O–H groups in total. The zero-order valence-corrected chi connectivity index (χ0v) is 12.8. The van der Waals surface area contributed by atoms with Gasteiger partial charge in [0, 0.05) is 20.0 Å². The van der Waals surface area contributed by atoms with Gasteiger partial charge < -0.3 is 15.0 Å². The molecule has 0 aliphatic rings. The van der Waals surface area contributed by atoms with Crippen LogP contribution in [0.4, 0.5) is 4.39 Å². The zero-order valence-electron chi connectivity index (χ0n) is 12.0. The van der Waals surface area contributed by atoms with Crippen molar-refractivity contribution in [3.63, 3.8) is 0 Å². The number of aliphatic carboxylic acids is 1. The Morgan fingerprint density at radius 3 is 2.86 bits per heavy atom. The highest BCUT2D eigenvalue weighted by atomic mass is 32.2. The zero-order chi connectivity index (χ0) is 16.1. The summed E-state index contributed by atoms with van der Waals surface area (Å²) in [5.74, 6) is -0.858. The van der Waals surface area contributed by atoms with Gasteiger partial charge in [0.25, 0.3) is 0 Å². The van der Waals surface area contributed by atoms with E-state index in [1.54, 1.807) is 23.7 Å². The van der Waals surface area contributed by atoms with Crippen LogP contribution in [0.25, 0.3) is 11.0 Å². The lowest BCUT2D eigenvalue weighted by Gasteiger charge is -2.05. The van der Waals surface area contributed by atoms with Gasteiger partial charge in [-0.15, -0.1) is 11.8 Å². The summed E-state index contributed by atoms with van der Waals surface area (Å²) in [7, 11) is 1.80. The summed E-state index contributed by atoms with van der Waals surface area (Å²) in [5, 5.41) is 11.2. The summed E-state index contributed by atoms with van der Waals surface area (Å²) in [6, 6.07) is 4.78. The van der Waals surface area contributed by atoms with Gasteiger partial charge in [-0.25, -0.2) is 9.37 Å². The quantitative estimate of drug-likeness (QED) is 0.799. The van der Waals surface area contributed by atoms with E-state index in [9.17, 15) is 14.0 Å². The number of amides is 1. The molecule has 0 unspecified atom stereocenters. The van der Waals surface area contributed by atoms with Crippen molar-refractivity contribution in [3.05, 3.63) is 29.8 Å². The van der Waals surface area contributed by atoms with Gasteiger partial charge in [0.15, 0.2) is 5.82 Å². The van der Waals surface area contributed by atoms with Gasteiger partial charge in [0.05, 0.1) is 17.0 Å². The summed E-state index contributed by atoms with van der Waals surface area (Å²) in [6.45, 7) is 0.366. The highest BCUT2D eigenvalue weighted by molar-refractivity contribution is 8.00. The van der Waals surface area contributed by atoms with E-state index in [1.165, 1.54) is 6.07 Å². The normalized spacial score (nSPS) is 10.8. The fourth-order valence-electron chi connectivity index (χ4n) is 2.05. The maximum absolute atomic E-state index is 13.6. The van der Waals surface area contributed by atoms with Crippen LogP contribution < -0.4 is 5.32 Å². The third kappa shape index (κ3) is 3.97. The van der Waals surface area contributed by atoms with Crippen LogP contribution in [0.5, 0.6) is 0 Å². The predicted molar refractivity (Wildman–Crippen MR) is 82.3 cm³/mol. The minimum absolute atomic E-state index is 0.0997. The summed E-state index contributed by atoms with van der Waals surface area (Å²) in [4.78, 5) is 26.1. The van der Waals surface area contributed by atoms with Crippen molar-refractivity contribution < 1.29 is 19.1 Å². The van der Waals surface area contributed by atoms with E-state index in [2.05, 4.69) is 10.3 Å². The molecule has 0 spiro atoms. The molecule has 118 valence electrons. The molecule has 6 nitrogen and oxygen atoms in total. The van der Waals surface area contributed by atoms with Crippen molar-refractivity contribution in [1.82, 2.24) is 14.9 Å². The molecular weight excluding hydrogens is 309 g/mol. The Labute approximate surface area is 130 Å². The lowest BCUT2D eigenvalue weighted by Crippen LogP contribution is -2.28. The van der Waals surface area contributed by atoms with Crippen molar-refractivity contribution in [2.75, 3.05) is 18.1 Å². The number of imidazole rings is 1. The number of halogens is 1. The first-order valence-electron chi connectivity index (χ1n) is 6.65. The van der Waals surface area contributed by atoms with Crippen LogP contribution in [0.15, 0.2) is 18.2 Å². The van der Waals surface area contributed by atoms with E-state index < -0.39 is 5.97 Å². The second-order valence-electron chi connectivity index (χ2n) is 4.68. The number of rotatable bonds is 7. The highest BCUT2D eigenvalue weighted by Crippen LogP contribution is 2.17. The van der Waals surface area contributed by atoms with Crippen molar-refractivity contribution in [1.29, 1.82) is 0 Å². The number of carboxylic acids is 1. The number of benzene rings is 1. The first-order chi connectivity index (χ1) is 10.5. The van der Waals surface area contributed by atoms with Crippen LogP contribution in [-0.4, -0.2) is 44.6 Å². The molecule has 2 aromatic rings. The summed E-state index contributed by atoms with van der Waals surface area (Å²) >= 11 is 1.04.